The quantitative estimate of drug-likeness (QED) is 0.804. The van der Waals surface area contributed by atoms with Gasteiger partial charge in [0.15, 0.2) is 5.78 Å². The standard InChI is InChI=1S/C19H21NO/c1-15-5-4-8-18(13-15)19(21)14-20-11-9-16-6-2-3-7-17(16)10-12-20/h2-8,13H,9-12,14H2,1H3. The van der Waals surface area contributed by atoms with Crippen molar-refractivity contribution in [3.63, 3.8) is 0 Å². The molecule has 2 aromatic carbocycles. The van der Waals surface area contributed by atoms with Gasteiger partial charge in [0.25, 0.3) is 0 Å². The van der Waals surface area contributed by atoms with Crippen LogP contribution >= 0.6 is 0 Å². The van der Waals surface area contributed by atoms with Crippen LogP contribution in [0.15, 0.2) is 48.5 Å². The van der Waals surface area contributed by atoms with Gasteiger partial charge in [0, 0.05) is 18.7 Å². The predicted molar refractivity (Wildman–Crippen MR) is 85.8 cm³/mol. The van der Waals surface area contributed by atoms with Crippen molar-refractivity contribution in [1.29, 1.82) is 0 Å². The minimum absolute atomic E-state index is 0.227. The fourth-order valence-electron chi connectivity index (χ4n) is 2.99. The average Bonchev–Trinajstić information content (AvgIpc) is 2.70. The summed E-state index contributed by atoms with van der Waals surface area (Å²) in [6, 6.07) is 16.5. The molecule has 0 amide bonds. The largest absolute Gasteiger partial charge is 0.295 e. The average molecular weight is 279 g/mol. The van der Waals surface area contributed by atoms with E-state index >= 15 is 0 Å². The van der Waals surface area contributed by atoms with Crippen molar-refractivity contribution in [3.8, 4) is 0 Å². The van der Waals surface area contributed by atoms with Crippen LogP contribution in [0, 0.1) is 6.92 Å². The molecule has 0 spiro atoms. The Morgan fingerprint density at radius 1 is 1.00 bits per heavy atom. The number of nitrogens with zero attached hydrogens (tertiary/aromatic N) is 1. The van der Waals surface area contributed by atoms with E-state index in [1.165, 1.54) is 11.1 Å². The molecule has 1 aliphatic rings. The number of hydrogen-bond acceptors (Lipinski definition) is 2. The predicted octanol–water partition coefficient (Wildman–Crippen LogP) is 3.28. The number of carbonyl (C=O) groups excluding carboxylic acids is 1. The Balaban J connectivity index is 1.66. The van der Waals surface area contributed by atoms with Gasteiger partial charge in [-0.1, -0.05) is 48.0 Å². The normalized spacial score (nSPS) is 15.3. The Bertz CT molecular complexity index is 621. The van der Waals surface area contributed by atoms with Crippen LogP contribution in [0.1, 0.15) is 27.0 Å². The molecule has 2 nitrogen and oxygen atoms in total. The summed E-state index contributed by atoms with van der Waals surface area (Å²) in [6.07, 6.45) is 2.08. The van der Waals surface area contributed by atoms with Gasteiger partial charge in [-0.2, -0.15) is 0 Å². The third-order valence-electron chi connectivity index (χ3n) is 4.22. The van der Waals surface area contributed by atoms with Crippen LogP contribution in [-0.4, -0.2) is 30.3 Å². The third-order valence-corrected chi connectivity index (χ3v) is 4.22. The molecule has 0 saturated heterocycles. The number of hydrogen-bond donors (Lipinski definition) is 0. The third kappa shape index (κ3) is 3.40. The second-order valence-electron chi connectivity index (χ2n) is 5.84. The molecular weight excluding hydrogens is 258 g/mol. The van der Waals surface area contributed by atoms with Crippen molar-refractivity contribution in [2.75, 3.05) is 19.6 Å². The van der Waals surface area contributed by atoms with E-state index in [2.05, 4.69) is 29.2 Å². The molecule has 0 saturated carbocycles. The van der Waals surface area contributed by atoms with Crippen molar-refractivity contribution >= 4 is 5.78 Å². The van der Waals surface area contributed by atoms with Gasteiger partial charge in [-0.15, -0.1) is 0 Å². The molecule has 0 N–H and O–H groups in total. The van der Waals surface area contributed by atoms with E-state index in [1.54, 1.807) is 0 Å². The summed E-state index contributed by atoms with van der Waals surface area (Å²) in [4.78, 5) is 14.7. The number of rotatable bonds is 3. The van der Waals surface area contributed by atoms with Crippen molar-refractivity contribution in [2.24, 2.45) is 0 Å². The molecule has 2 heteroatoms. The molecule has 1 aliphatic heterocycles. The molecule has 21 heavy (non-hydrogen) atoms. The lowest BCUT2D eigenvalue weighted by molar-refractivity contribution is 0.0933. The second-order valence-corrected chi connectivity index (χ2v) is 5.84. The summed E-state index contributed by atoms with van der Waals surface area (Å²) < 4.78 is 0. The van der Waals surface area contributed by atoms with Gasteiger partial charge in [-0.25, -0.2) is 0 Å². The molecule has 0 aliphatic carbocycles. The highest BCUT2D eigenvalue weighted by Gasteiger charge is 2.16. The lowest BCUT2D eigenvalue weighted by Crippen LogP contribution is -2.32. The second kappa shape index (κ2) is 6.23. The van der Waals surface area contributed by atoms with Crippen molar-refractivity contribution in [2.45, 2.75) is 19.8 Å². The van der Waals surface area contributed by atoms with E-state index in [9.17, 15) is 4.79 Å². The van der Waals surface area contributed by atoms with Crippen LogP contribution in [-0.2, 0) is 12.8 Å². The fraction of sp³-hybridized carbons (Fsp3) is 0.316. The van der Waals surface area contributed by atoms with E-state index in [0.29, 0.717) is 6.54 Å². The van der Waals surface area contributed by atoms with E-state index in [-0.39, 0.29) is 5.78 Å². The highest BCUT2D eigenvalue weighted by atomic mass is 16.1. The first-order valence-corrected chi connectivity index (χ1v) is 7.61. The molecule has 0 radical (unpaired) electrons. The zero-order valence-corrected chi connectivity index (χ0v) is 12.5. The summed E-state index contributed by atoms with van der Waals surface area (Å²) in [5, 5.41) is 0. The smallest absolute Gasteiger partial charge is 0.176 e. The first kappa shape index (κ1) is 14.0. The number of fused-ring (bicyclic) bond motifs is 1. The van der Waals surface area contributed by atoms with Crippen LogP contribution in [0.3, 0.4) is 0 Å². The summed E-state index contributed by atoms with van der Waals surface area (Å²) in [5.41, 5.74) is 4.84. The highest BCUT2D eigenvalue weighted by molar-refractivity contribution is 5.97. The van der Waals surface area contributed by atoms with Gasteiger partial charge in [0.05, 0.1) is 6.54 Å². The molecule has 0 aromatic heterocycles. The van der Waals surface area contributed by atoms with Crippen molar-refractivity contribution < 1.29 is 4.79 Å². The zero-order valence-electron chi connectivity index (χ0n) is 12.5. The van der Waals surface area contributed by atoms with Crippen LogP contribution in [0.5, 0.6) is 0 Å². The highest BCUT2D eigenvalue weighted by Crippen LogP contribution is 2.16. The van der Waals surface area contributed by atoms with E-state index in [1.807, 2.05) is 31.2 Å². The lowest BCUT2D eigenvalue weighted by Gasteiger charge is -2.18. The first-order chi connectivity index (χ1) is 10.2. The fourth-order valence-corrected chi connectivity index (χ4v) is 2.99. The number of carbonyl (C=O) groups is 1. The molecule has 3 rings (SSSR count). The lowest BCUT2D eigenvalue weighted by atomic mass is 10.0. The Morgan fingerprint density at radius 3 is 2.29 bits per heavy atom. The number of Topliss-reactive ketones (excluding diaryl/α,β-unsaturated/α-hetero) is 1. The first-order valence-electron chi connectivity index (χ1n) is 7.61. The molecule has 0 atom stereocenters. The monoisotopic (exact) mass is 279 g/mol. The molecule has 0 fully saturated rings. The van der Waals surface area contributed by atoms with Crippen LogP contribution in [0.25, 0.3) is 0 Å². The van der Waals surface area contributed by atoms with Gasteiger partial charge in [-0.3, -0.25) is 9.69 Å². The van der Waals surface area contributed by atoms with Crippen LogP contribution in [0.4, 0.5) is 0 Å². The Labute approximate surface area is 126 Å². The molecule has 2 aromatic rings. The zero-order chi connectivity index (χ0) is 14.7. The van der Waals surface area contributed by atoms with E-state index < -0.39 is 0 Å². The van der Waals surface area contributed by atoms with Crippen molar-refractivity contribution in [3.05, 3.63) is 70.8 Å². The van der Waals surface area contributed by atoms with Crippen molar-refractivity contribution in [1.82, 2.24) is 4.90 Å². The minimum atomic E-state index is 0.227. The summed E-state index contributed by atoms with van der Waals surface area (Å²) in [7, 11) is 0. The Morgan fingerprint density at radius 2 is 1.67 bits per heavy atom. The molecule has 1 heterocycles. The van der Waals surface area contributed by atoms with Crippen LogP contribution < -0.4 is 0 Å². The molecule has 108 valence electrons. The maximum atomic E-state index is 12.4. The van der Waals surface area contributed by atoms with Gasteiger partial charge in [0.2, 0.25) is 0 Å². The van der Waals surface area contributed by atoms with Gasteiger partial charge < -0.3 is 0 Å². The van der Waals surface area contributed by atoms with Gasteiger partial charge >= 0.3 is 0 Å². The van der Waals surface area contributed by atoms with E-state index in [0.717, 1.165) is 37.1 Å². The maximum Gasteiger partial charge on any atom is 0.176 e. The minimum Gasteiger partial charge on any atom is -0.295 e. The number of ketones is 1. The van der Waals surface area contributed by atoms with Gasteiger partial charge in [-0.05, 0) is 37.0 Å². The maximum absolute atomic E-state index is 12.4. The Hall–Kier alpha value is -1.93. The molecule has 0 bridgehead atoms. The molecule has 0 unspecified atom stereocenters. The van der Waals surface area contributed by atoms with Crippen LogP contribution in [0.2, 0.25) is 0 Å². The topological polar surface area (TPSA) is 20.3 Å². The number of aryl methyl sites for hydroxylation is 1. The summed E-state index contributed by atoms with van der Waals surface area (Å²) >= 11 is 0. The summed E-state index contributed by atoms with van der Waals surface area (Å²) in [5.74, 6) is 0.227. The Kier molecular flexibility index (Phi) is 4.16. The summed E-state index contributed by atoms with van der Waals surface area (Å²) in [6.45, 7) is 4.49. The molecular formula is C19H21NO. The van der Waals surface area contributed by atoms with E-state index in [4.69, 9.17) is 0 Å². The number of benzene rings is 2. The SMILES string of the molecule is Cc1cccc(C(=O)CN2CCc3ccccc3CC2)c1. The van der Waals surface area contributed by atoms with Gasteiger partial charge in [0.1, 0.15) is 0 Å².